The normalized spacial score (nSPS) is 13.6. The summed E-state index contributed by atoms with van der Waals surface area (Å²) >= 11 is 6.09. The summed E-state index contributed by atoms with van der Waals surface area (Å²) in [6.07, 6.45) is 2.14. The Kier molecular flexibility index (Phi) is 8.93. The summed E-state index contributed by atoms with van der Waals surface area (Å²) in [6.45, 7) is 7.11. The smallest absolute Gasteiger partial charge is 0.0474 e. The van der Waals surface area contributed by atoms with E-state index in [4.69, 9.17) is 16.3 Å². The fourth-order valence-corrected chi connectivity index (χ4v) is 1.66. The van der Waals surface area contributed by atoms with Crippen LogP contribution in [-0.4, -0.2) is 32.2 Å². The zero-order chi connectivity index (χ0) is 10.1. The third-order valence-corrected chi connectivity index (χ3v) is 2.13. The number of hydrogen-bond acceptors (Lipinski definition) is 2. The second-order valence-corrected chi connectivity index (χ2v) is 4.39. The lowest BCUT2D eigenvalue weighted by Crippen LogP contribution is -2.25. The van der Waals surface area contributed by atoms with E-state index in [0.29, 0.717) is 5.92 Å². The molecule has 1 unspecified atom stereocenters. The van der Waals surface area contributed by atoms with E-state index in [-0.39, 0.29) is 5.38 Å². The molecule has 0 aliphatic heterocycles. The van der Waals surface area contributed by atoms with E-state index in [1.807, 2.05) is 0 Å². The molecular weight excluding hydrogens is 186 g/mol. The highest BCUT2D eigenvalue weighted by molar-refractivity contribution is 6.20. The molecule has 0 radical (unpaired) electrons. The van der Waals surface area contributed by atoms with Gasteiger partial charge in [-0.25, -0.2) is 0 Å². The van der Waals surface area contributed by atoms with Crippen LogP contribution in [0.25, 0.3) is 0 Å². The average molecular weight is 208 g/mol. The predicted octanol–water partition coefficient (Wildman–Crippen LogP) is 2.27. The van der Waals surface area contributed by atoms with Gasteiger partial charge in [0.25, 0.3) is 0 Å². The lowest BCUT2D eigenvalue weighted by Gasteiger charge is -2.12. The van der Waals surface area contributed by atoms with Crippen molar-refractivity contribution in [3.8, 4) is 0 Å². The van der Waals surface area contributed by atoms with E-state index in [1.165, 1.54) is 0 Å². The van der Waals surface area contributed by atoms with Crippen LogP contribution >= 0.6 is 11.6 Å². The Morgan fingerprint density at radius 2 is 2.08 bits per heavy atom. The minimum Gasteiger partial charge on any atom is -0.385 e. The molecule has 1 atom stereocenters. The molecule has 0 fully saturated rings. The Morgan fingerprint density at radius 3 is 2.62 bits per heavy atom. The first kappa shape index (κ1) is 13.2. The number of methoxy groups -OCH3 is 1. The fourth-order valence-electron chi connectivity index (χ4n) is 1.20. The highest BCUT2D eigenvalue weighted by atomic mass is 35.5. The Morgan fingerprint density at radius 1 is 1.38 bits per heavy atom. The molecular formula is C10H22ClNO. The first-order valence-electron chi connectivity index (χ1n) is 5.00. The maximum atomic E-state index is 6.09. The molecule has 0 spiro atoms. The number of hydrogen-bond donors (Lipinski definition) is 1. The van der Waals surface area contributed by atoms with Crippen LogP contribution in [0.4, 0.5) is 0 Å². The van der Waals surface area contributed by atoms with Gasteiger partial charge in [-0.3, -0.25) is 0 Å². The molecule has 0 heterocycles. The second-order valence-electron chi connectivity index (χ2n) is 3.78. The van der Waals surface area contributed by atoms with Gasteiger partial charge in [-0.05, 0) is 25.3 Å². The van der Waals surface area contributed by atoms with Gasteiger partial charge in [0.05, 0.1) is 0 Å². The molecule has 0 saturated carbocycles. The Balaban J connectivity index is 3.12. The molecule has 80 valence electrons. The molecule has 2 nitrogen and oxygen atoms in total. The molecule has 0 aromatic carbocycles. The summed E-state index contributed by atoms with van der Waals surface area (Å²) < 4.78 is 4.94. The molecule has 0 rings (SSSR count). The Bertz CT molecular complexity index is 109. The van der Waals surface area contributed by atoms with Gasteiger partial charge in [0, 0.05) is 25.6 Å². The maximum Gasteiger partial charge on any atom is 0.0474 e. The topological polar surface area (TPSA) is 21.3 Å². The summed E-state index contributed by atoms with van der Waals surface area (Å²) in [5.41, 5.74) is 0. The van der Waals surface area contributed by atoms with Crippen molar-refractivity contribution in [3.05, 3.63) is 0 Å². The van der Waals surface area contributed by atoms with Gasteiger partial charge in [0.15, 0.2) is 0 Å². The molecule has 0 aliphatic rings. The summed E-state index contributed by atoms with van der Waals surface area (Å²) in [6, 6.07) is 0. The monoisotopic (exact) mass is 207 g/mol. The van der Waals surface area contributed by atoms with Crippen LogP contribution < -0.4 is 5.32 Å². The quantitative estimate of drug-likeness (QED) is 0.487. The van der Waals surface area contributed by atoms with Crippen molar-refractivity contribution in [2.45, 2.75) is 32.1 Å². The highest BCUT2D eigenvalue weighted by Gasteiger charge is 2.05. The molecule has 0 aromatic heterocycles. The molecule has 3 heteroatoms. The molecule has 0 aromatic rings. The van der Waals surface area contributed by atoms with Gasteiger partial charge in [0.2, 0.25) is 0 Å². The minimum atomic E-state index is 0.266. The highest BCUT2D eigenvalue weighted by Crippen LogP contribution is 2.09. The molecule has 0 amide bonds. The summed E-state index contributed by atoms with van der Waals surface area (Å²) in [4.78, 5) is 0. The number of rotatable bonds is 8. The SMILES string of the molecule is COCCCNCC(Cl)CC(C)C. The van der Waals surface area contributed by atoms with Crippen molar-refractivity contribution in [3.63, 3.8) is 0 Å². The van der Waals surface area contributed by atoms with Gasteiger partial charge in [-0.15, -0.1) is 11.6 Å². The molecule has 13 heavy (non-hydrogen) atoms. The van der Waals surface area contributed by atoms with E-state index < -0.39 is 0 Å². The molecule has 1 N–H and O–H groups in total. The summed E-state index contributed by atoms with van der Waals surface area (Å²) in [7, 11) is 1.73. The van der Waals surface area contributed by atoms with Crippen molar-refractivity contribution in [2.24, 2.45) is 5.92 Å². The minimum absolute atomic E-state index is 0.266. The Hall–Kier alpha value is 0.210. The van der Waals surface area contributed by atoms with Gasteiger partial charge < -0.3 is 10.1 Å². The van der Waals surface area contributed by atoms with Crippen LogP contribution in [0.15, 0.2) is 0 Å². The van der Waals surface area contributed by atoms with Crippen molar-refractivity contribution in [1.29, 1.82) is 0 Å². The predicted molar refractivity (Wildman–Crippen MR) is 58.5 cm³/mol. The zero-order valence-corrected chi connectivity index (χ0v) is 9.73. The standard InChI is InChI=1S/C10H22ClNO/c1-9(2)7-10(11)8-12-5-4-6-13-3/h9-10,12H,4-8H2,1-3H3. The van der Waals surface area contributed by atoms with Gasteiger partial charge in [-0.1, -0.05) is 13.8 Å². The van der Waals surface area contributed by atoms with E-state index >= 15 is 0 Å². The average Bonchev–Trinajstić information content (AvgIpc) is 2.02. The molecule has 0 aliphatic carbocycles. The van der Waals surface area contributed by atoms with E-state index in [9.17, 15) is 0 Å². The van der Waals surface area contributed by atoms with E-state index in [1.54, 1.807) is 7.11 Å². The summed E-state index contributed by atoms with van der Waals surface area (Å²) in [5.74, 6) is 0.684. The molecule has 0 saturated heterocycles. The number of nitrogens with one attached hydrogen (secondary N) is 1. The second kappa shape index (κ2) is 8.79. The van der Waals surface area contributed by atoms with E-state index in [0.717, 1.165) is 32.5 Å². The first-order valence-corrected chi connectivity index (χ1v) is 5.44. The number of halogens is 1. The van der Waals surface area contributed by atoms with Crippen molar-refractivity contribution in [2.75, 3.05) is 26.8 Å². The zero-order valence-electron chi connectivity index (χ0n) is 8.98. The van der Waals surface area contributed by atoms with Crippen LogP contribution in [-0.2, 0) is 4.74 Å². The first-order chi connectivity index (χ1) is 6.16. The third-order valence-electron chi connectivity index (χ3n) is 1.80. The fraction of sp³-hybridized carbons (Fsp3) is 1.00. The molecule has 0 bridgehead atoms. The van der Waals surface area contributed by atoms with Gasteiger partial charge >= 0.3 is 0 Å². The Labute approximate surface area is 87.0 Å². The van der Waals surface area contributed by atoms with Crippen molar-refractivity contribution >= 4 is 11.6 Å². The number of alkyl halides is 1. The van der Waals surface area contributed by atoms with Crippen molar-refractivity contribution < 1.29 is 4.74 Å². The van der Waals surface area contributed by atoms with Crippen molar-refractivity contribution in [1.82, 2.24) is 5.32 Å². The van der Waals surface area contributed by atoms with Gasteiger partial charge in [0.1, 0.15) is 0 Å². The van der Waals surface area contributed by atoms with Crippen LogP contribution in [0.2, 0.25) is 0 Å². The van der Waals surface area contributed by atoms with E-state index in [2.05, 4.69) is 19.2 Å². The lowest BCUT2D eigenvalue weighted by atomic mass is 10.1. The largest absolute Gasteiger partial charge is 0.385 e. The lowest BCUT2D eigenvalue weighted by molar-refractivity contribution is 0.194. The summed E-state index contributed by atoms with van der Waals surface area (Å²) in [5, 5.41) is 3.58. The third kappa shape index (κ3) is 10.1. The van der Waals surface area contributed by atoms with Crippen LogP contribution in [0.5, 0.6) is 0 Å². The van der Waals surface area contributed by atoms with Crippen LogP contribution in [0.3, 0.4) is 0 Å². The van der Waals surface area contributed by atoms with Crippen LogP contribution in [0.1, 0.15) is 26.7 Å². The van der Waals surface area contributed by atoms with Gasteiger partial charge in [-0.2, -0.15) is 0 Å². The number of ether oxygens (including phenoxy) is 1. The maximum absolute atomic E-state index is 6.09. The van der Waals surface area contributed by atoms with Crippen LogP contribution in [0, 0.1) is 5.92 Å².